The van der Waals surface area contributed by atoms with E-state index in [0.717, 1.165) is 18.8 Å². The first kappa shape index (κ1) is 10.2. The van der Waals surface area contributed by atoms with Crippen molar-refractivity contribution in [2.24, 2.45) is 11.8 Å². The van der Waals surface area contributed by atoms with E-state index in [4.69, 9.17) is 0 Å². The zero-order valence-corrected chi connectivity index (χ0v) is 9.09. The highest BCUT2D eigenvalue weighted by Gasteiger charge is 2.26. The summed E-state index contributed by atoms with van der Waals surface area (Å²) in [6, 6.07) is 0.668. The van der Waals surface area contributed by atoms with Crippen molar-refractivity contribution in [2.45, 2.75) is 51.5 Å². The predicted molar refractivity (Wildman–Crippen MR) is 57.2 cm³/mol. The smallest absolute Gasteiger partial charge is 0.149 e. The summed E-state index contributed by atoms with van der Waals surface area (Å²) in [5.41, 5.74) is 0. The van der Waals surface area contributed by atoms with Crippen LogP contribution < -0.4 is 5.32 Å². The summed E-state index contributed by atoms with van der Waals surface area (Å²) >= 11 is 0. The summed E-state index contributed by atoms with van der Waals surface area (Å²) in [6.07, 6.45) is 7.31. The minimum atomic E-state index is 0.373. The Balaban J connectivity index is 1.68. The van der Waals surface area contributed by atoms with Crippen molar-refractivity contribution in [3.05, 3.63) is 0 Å². The molecule has 2 saturated carbocycles. The van der Waals surface area contributed by atoms with Crippen LogP contribution >= 0.6 is 0 Å². The Morgan fingerprint density at radius 1 is 1.14 bits per heavy atom. The van der Waals surface area contributed by atoms with Crippen molar-refractivity contribution in [1.29, 1.82) is 0 Å². The Bertz CT molecular complexity index is 202. The first-order valence-corrected chi connectivity index (χ1v) is 6.02. The molecule has 2 aliphatic rings. The van der Waals surface area contributed by atoms with Gasteiger partial charge in [-0.05, 0) is 31.6 Å². The molecule has 1 N–H and O–H groups in total. The van der Waals surface area contributed by atoms with Crippen LogP contribution in [0.5, 0.6) is 0 Å². The summed E-state index contributed by atoms with van der Waals surface area (Å²) in [5.74, 6) is 1.68. The highest BCUT2D eigenvalue weighted by atomic mass is 16.1. The molecular formula is C12H21NO. The molecule has 2 fully saturated rings. The molecule has 0 aromatic rings. The van der Waals surface area contributed by atoms with Crippen LogP contribution in [0.1, 0.15) is 45.4 Å². The summed E-state index contributed by atoms with van der Waals surface area (Å²) in [4.78, 5) is 11.8. The van der Waals surface area contributed by atoms with E-state index in [1.54, 1.807) is 0 Å². The molecule has 0 heterocycles. The van der Waals surface area contributed by atoms with E-state index < -0.39 is 0 Å². The monoisotopic (exact) mass is 195 g/mol. The van der Waals surface area contributed by atoms with Gasteiger partial charge in [0.25, 0.3) is 0 Å². The van der Waals surface area contributed by atoms with Crippen LogP contribution in [0, 0.1) is 11.8 Å². The normalized spacial score (nSPS) is 32.9. The van der Waals surface area contributed by atoms with E-state index in [-0.39, 0.29) is 0 Å². The minimum absolute atomic E-state index is 0.373. The zero-order valence-electron chi connectivity index (χ0n) is 9.09. The molecule has 0 amide bonds. The topological polar surface area (TPSA) is 29.1 Å². The third-order valence-corrected chi connectivity index (χ3v) is 3.61. The first-order chi connectivity index (χ1) is 6.75. The second-order valence-corrected chi connectivity index (χ2v) is 5.08. The highest BCUT2D eigenvalue weighted by Crippen LogP contribution is 2.28. The molecule has 14 heavy (non-hydrogen) atoms. The van der Waals surface area contributed by atoms with Crippen molar-refractivity contribution in [3.8, 4) is 0 Å². The number of carbonyl (C=O) groups excluding carboxylic acids is 1. The molecule has 2 rings (SSSR count). The van der Waals surface area contributed by atoms with Gasteiger partial charge in [0.1, 0.15) is 5.78 Å². The summed E-state index contributed by atoms with van der Waals surface area (Å²) in [6.45, 7) is 2.92. The third-order valence-electron chi connectivity index (χ3n) is 3.61. The molecule has 0 saturated heterocycles. The molecule has 0 spiro atoms. The van der Waals surface area contributed by atoms with Gasteiger partial charge in [0.15, 0.2) is 0 Å². The Kier molecular flexibility index (Phi) is 3.22. The Morgan fingerprint density at radius 2 is 1.79 bits per heavy atom. The maximum Gasteiger partial charge on any atom is 0.149 e. The van der Waals surface area contributed by atoms with Crippen LogP contribution in [0.4, 0.5) is 0 Å². The summed E-state index contributed by atoms with van der Waals surface area (Å²) < 4.78 is 0. The number of nitrogens with one attached hydrogen (secondary N) is 1. The van der Waals surface area contributed by atoms with Gasteiger partial charge in [0.2, 0.25) is 0 Å². The lowest BCUT2D eigenvalue weighted by molar-refractivity contribution is -0.123. The van der Waals surface area contributed by atoms with E-state index >= 15 is 0 Å². The van der Waals surface area contributed by atoms with E-state index in [1.807, 2.05) is 0 Å². The Morgan fingerprint density at radius 3 is 2.36 bits per heavy atom. The number of Topliss-reactive ketones (excluding diaryl/α,β-unsaturated/α-hetero) is 1. The number of carbonyl (C=O) groups is 1. The molecule has 0 atom stereocenters. The Labute approximate surface area is 86.5 Å². The number of hydrogen-bond acceptors (Lipinski definition) is 2. The molecule has 0 radical (unpaired) electrons. The lowest BCUT2D eigenvalue weighted by Crippen LogP contribution is -2.31. The van der Waals surface area contributed by atoms with Gasteiger partial charge in [-0.25, -0.2) is 0 Å². The SMILES string of the molecule is CC1CCC(C(=O)CNC2CC2)CC1. The van der Waals surface area contributed by atoms with Crippen LogP contribution in [0.25, 0.3) is 0 Å². The molecule has 2 nitrogen and oxygen atoms in total. The standard InChI is InChI=1S/C12H21NO/c1-9-2-4-10(5-3-9)12(14)8-13-11-6-7-11/h9-11,13H,2-8H2,1H3. The van der Waals surface area contributed by atoms with Gasteiger partial charge < -0.3 is 5.32 Å². The van der Waals surface area contributed by atoms with Crippen LogP contribution in [-0.2, 0) is 4.79 Å². The molecule has 0 bridgehead atoms. The number of ketones is 1. The summed E-state index contributed by atoms with van der Waals surface area (Å²) in [5, 5.41) is 3.32. The highest BCUT2D eigenvalue weighted by molar-refractivity contribution is 5.83. The fourth-order valence-electron chi connectivity index (χ4n) is 2.26. The fourth-order valence-corrected chi connectivity index (χ4v) is 2.26. The molecular weight excluding hydrogens is 174 g/mol. The van der Waals surface area contributed by atoms with Crippen LogP contribution in [0.15, 0.2) is 0 Å². The zero-order chi connectivity index (χ0) is 9.97. The van der Waals surface area contributed by atoms with E-state index in [2.05, 4.69) is 12.2 Å². The number of rotatable bonds is 4. The van der Waals surface area contributed by atoms with Gasteiger partial charge in [-0.1, -0.05) is 19.8 Å². The maximum atomic E-state index is 11.8. The molecule has 80 valence electrons. The lowest BCUT2D eigenvalue weighted by atomic mass is 9.81. The Hall–Kier alpha value is -0.370. The van der Waals surface area contributed by atoms with Crippen molar-refractivity contribution in [1.82, 2.24) is 5.32 Å². The van der Waals surface area contributed by atoms with Gasteiger partial charge >= 0.3 is 0 Å². The van der Waals surface area contributed by atoms with E-state index in [0.29, 0.717) is 24.3 Å². The molecule has 2 heteroatoms. The van der Waals surface area contributed by atoms with Gasteiger partial charge in [-0.15, -0.1) is 0 Å². The number of hydrogen-bond donors (Lipinski definition) is 1. The molecule has 0 unspecified atom stereocenters. The van der Waals surface area contributed by atoms with Crippen molar-refractivity contribution >= 4 is 5.78 Å². The quantitative estimate of drug-likeness (QED) is 0.744. The van der Waals surface area contributed by atoms with E-state index in [9.17, 15) is 4.79 Å². The second kappa shape index (κ2) is 4.43. The molecule has 2 aliphatic carbocycles. The molecule has 0 aromatic carbocycles. The predicted octanol–water partition coefficient (Wildman–Crippen LogP) is 2.13. The third kappa shape index (κ3) is 2.81. The fraction of sp³-hybridized carbons (Fsp3) is 0.917. The lowest BCUT2D eigenvalue weighted by Gasteiger charge is -2.25. The minimum Gasteiger partial charge on any atom is -0.307 e. The van der Waals surface area contributed by atoms with Crippen LogP contribution in [0.3, 0.4) is 0 Å². The molecule has 0 aliphatic heterocycles. The van der Waals surface area contributed by atoms with Gasteiger partial charge in [-0.2, -0.15) is 0 Å². The van der Waals surface area contributed by atoms with Crippen molar-refractivity contribution in [3.63, 3.8) is 0 Å². The van der Waals surface area contributed by atoms with Crippen molar-refractivity contribution in [2.75, 3.05) is 6.54 Å². The molecule has 0 aromatic heterocycles. The van der Waals surface area contributed by atoms with Gasteiger partial charge in [0, 0.05) is 12.0 Å². The summed E-state index contributed by atoms with van der Waals surface area (Å²) in [7, 11) is 0. The average molecular weight is 195 g/mol. The second-order valence-electron chi connectivity index (χ2n) is 5.08. The van der Waals surface area contributed by atoms with Crippen LogP contribution in [0.2, 0.25) is 0 Å². The van der Waals surface area contributed by atoms with Crippen LogP contribution in [-0.4, -0.2) is 18.4 Å². The maximum absolute atomic E-state index is 11.8. The largest absolute Gasteiger partial charge is 0.307 e. The van der Waals surface area contributed by atoms with Gasteiger partial charge in [0.05, 0.1) is 6.54 Å². The van der Waals surface area contributed by atoms with Gasteiger partial charge in [-0.3, -0.25) is 4.79 Å². The average Bonchev–Trinajstić information content (AvgIpc) is 2.99. The van der Waals surface area contributed by atoms with E-state index in [1.165, 1.54) is 25.7 Å². The van der Waals surface area contributed by atoms with Crippen molar-refractivity contribution < 1.29 is 4.79 Å². The first-order valence-electron chi connectivity index (χ1n) is 6.02.